The standard InChI is InChI=1S/C28H35N3O7S/c1-6-21-24(27(34)37-5)25(20-9-8-19(35-3)15-22(20)36-4)31-18(16-39-28(31)29-21)14-23(32)30-12-10-17(11-13-30)26(33)38-7-2/h8-9,15-17,25H,6-7,10-14H2,1-5H3. The van der Waals surface area contributed by atoms with E-state index in [0.717, 1.165) is 11.3 Å². The zero-order valence-electron chi connectivity index (χ0n) is 23.0. The van der Waals surface area contributed by atoms with Gasteiger partial charge in [-0.1, -0.05) is 18.7 Å². The van der Waals surface area contributed by atoms with Gasteiger partial charge in [-0.05, 0) is 43.7 Å². The van der Waals surface area contributed by atoms with Crippen molar-refractivity contribution in [2.45, 2.75) is 45.6 Å². The van der Waals surface area contributed by atoms with Gasteiger partial charge in [0.2, 0.25) is 5.91 Å². The van der Waals surface area contributed by atoms with Crippen LogP contribution in [0.25, 0.3) is 0 Å². The summed E-state index contributed by atoms with van der Waals surface area (Å²) in [5, 5.41) is 2.60. The fourth-order valence-corrected chi connectivity index (χ4v) is 6.08. The van der Waals surface area contributed by atoms with Crippen LogP contribution < -0.4 is 9.47 Å². The van der Waals surface area contributed by atoms with Crippen LogP contribution in [0.3, 0.4) is 0 Å². The first kappa shape index (κ1) is 28.5. The summed E-state index contributed by atoms with van der Waals surface area (Å²) in [5.41, 5.74) is 2.50. The number of piperidine rings is 1. The first-order valence-corrected chi connectivity index (χ1v) is 14.0. The van der Waals surface area contributed by atoms with Crippen molar-refractivity contribution >= 4 is 34.8 Å². The highest BCUT2D eigenvalue weighted by atomic mass is 32.2. The highest BCUT2D eigenvalue weighted by Gasteiger charge is 2.43. The summed E-state index contributed by atoms with van der Waals surface area (Å²) in [4.78, 5) is 47.2. The number of rotatable bonds is 9. The van der Waals surface area contributed by atoms with Crippen molar-refractivity contribution in [1.29, 1.82) is 0 Å². The topological polar surface area (TPSA) is 107 Å². The number of benzene rings is 1. The number of hydrogen-bond donors (Lipinski definition) is 0. The van der Waals surface area contributed by atoms with Crippen LogP contribution in [0, 0.1) is 5.92 Å². The third kappa shape index (κ3) is 5.78. The number of carbonyl (C=O) groups is 3. The van der Waals surface area contributed by atoms with Crippen molar-refractivity contribution in [2.24, 2.45) is 10.9 Å². The minimum atomic E-state index is -0.607. The molecule has 1 amide bonds. The molecule has 11 heteroatoms. The maximum Gasteiger partial charge on any atom is 0.338 e. The molecule has 0 radical (unpaired) electrons. The zero-order chi connectivity index (χ0) is 28.1. The Hall–Kier alpha value is -3.47. The molecule has 1 unspecified atom stereocenters. The smallest absolute Gasteiger partial charge is 0.338 e. The van der Waals surface area contributed by atoms with E-state index in [2.05, 4.69) is 0 Å². The van der Waals surface area contributed by atoms with E-state index in [1.165, 1.54) is 18.9 Å². The monoisotopic (exact) mass is 557 g/mol. The Labute approximate surface area is 233 Å². The Bertz CT molecular complexity index is 1220. The second-order valence-electron chi connectivity index (χ2n) is 9.29. The number of carbonyl (C=O) groups excluding carboxylic acids is 3. The van der Waals surface area contributed by atoms with Crippen molar-refractivity contribution in [2.75, 3.05) is 41.0 Å². The van der Waals surface area contributed by atoms with Gasteiger partial charge in [0.05, 0.1) is 57.6 Å². The lowest BCUT2D eigenvalue weighted by molar-refractivity contribution is -0.151. The Balaban J connectivity index is 1.63. The SMILES string of the molecule is CCOC(=O)C1CCN(C(=O)CC2=CSC3=NC(CC)=C(C(=O)OC)C(c4ccc(OC)cc4OC)N23)CC1. The Morgan fingerprint density at radius 2 is 1.82 bits per heavy atom. The van der Waals surface area contributed by atoms with Crippen LogP contribution in [0.4, 0.5) is 0 Å². The van der Waals surface area contributed by atoms with Crippen LogP contribution in [-0.4, -0.2) is 73.8 Å². The molecule has 0 N–H and O–H groups in total. The number of fused-ring (bicyclic) bond motifs is 1. The summed E-state index contributed by atoms with van der Waals surface area (Å²) in [6, 6.07) is 4.84. The Morgan fingerprint density at radius 3 is 2.44 bits per heavy atom. The number of allylic oxidation sites excluding steroid dienone is 1. The van der Waals surface area contributed by atoms with Crippen molar-refractivity contribution in [1.82, 2.24) is 9.80 Å². The van der Waals surface area contributed by atoms with E-state index >= 15 is 0 Å². The minimum Gasteiger partial charge on any atom is -0.497 e. The number of thioether (sulfide) groups is 1. The molecule has 39 heavy (non-hydrogen) atoms. The van der Waals surface area contributed by atoms with E-state index in [9.17, 15) is 14.4 Å². The number of amides is 1. The second kappa shape index (κ2) is 12.6. The zero-order valence-corrected chi connectivity index (χ0v) is 23.8. The summed E-state index contributed by atoms with van der Waals surface area (Å²) in [5.74, 6) is 0.257. The number of esters is 2. The van der Waals surface area contributed by atoms with E-state index in [1.807, 2.05) is 29.4 Å². The predicted molar refractivity (Wildman–Crippen MR) is 147 cm³/mol. The van der Waals surface area contributed by atoms with Gasteiger partial charge in [0.15, 0.2) is 5.17 Å². The number of amidine groups is 1. The molecule has 1 saturated heterocycles. The van der Waals surface area contributed by atoms with Gasteiger partial charge in [0.25, 0.3) is 0 Å². The van der Waals surface area contributed by atoms with Gasteiger partial charge in [-0.15, -0.1) is 0 Å². The lowest BCUT2D eigenvalue weighted by Gasteiger charge is -2.38. The van der Waals surface area contributed by atoms with E-state index in [0.29, 0.717) is 66.9 Å². The van der Waals surface area contributed by atoms with E-state index < -0.39 is 12.0 Å². The lowest BCUT2D eigenvalue weighted by atomic mass is 9.92. The largest absolute Gasteiger partial charge is 0.497 e. The molecule has 3 aliphatic heterocycles. The van der Waals surface area contributed by atoms with Gasteiger partial charge < -0.3 is 28.7 Å². The number of ether oxygens (including phenoxy) is 4. The molecule has 1 aromatic carbocycles. The van der Waals surface area contributed by atoms with Gasteiger partial charge >= 0.3 is 11.9 Å². The van der Waals surface area contributed by atoms with Crippen molar-refractivity contribution in [3.8, 4) is 11.5 Å². The van der Waals surface area contributed by atoms with Crippen molar-refractivity contribution in [3.05, 3.63) is 46.1 Å². The molecule has 1 aromatic rings. The molecule has 3 heterocycles. The Morgan fingerprint density at radius 1 is 1.08 bits per heavy atom. The number of aliphatic imine (C=N–C) groups is 1. The van der Waals surface area contributed by atoms with E-state index in [1.54, 1.807) is 32.1 Å². The molecular weight excluding hydrogens is 522 g/mol. The van der Waals surface area contributed by atoms with Crippen LogP contribution >= 0.6 is 11.8 Å². The average Bonchev–Trinajstić information content (AvgIpc) is 3.37. The molecule has 10 nitrogen and oxygen atoms in total. The minimum absolute atomic E-state index is 0.0456. The molecule has 4 rings (SSSR count). The first-order valence-electron chi connectivity index (χ1n) is 13.1. The molecule has 1 atom stereocenters. The Kier molecular flexibility index (Phi) is 9.21. The fourth-order valence-electron chi connectivity index (χ4n) is 5.14. The van der Waals surface area contributed by atoms with Crippen molar-refractivity contribution in [3.63, 3.8) is 0 Å². The number of hydrogen-bond acceptors (Lipinski definition) is 10. The van der Waals surface area contributed by atoms with Gasteiger partial charge in [-0.3, -0.25) is 9.59 Å². The lowest BCUT2D eigenvalue weighted by Crippen LogP contribution is -2.42. The highest BCUT2D eigenvalue weighted by Crippen LogP contribution is 2.48. The van der Waals surface area contributed by atoms with Gasteiger partial charge in [-0.25, -0.2) is 9.79 Å². The molecular formula is C28H35N3O7S. The quantitative estimate of drug-likeness (QED) is 0.416. The number of likely N-dealkylation sites (tertiary alicyclic amines) is 1. The maximum atomic E-state index is 13.4. The van der Waals surface area contributed by atoms with Gasteiger partial charge in [0, 0.05) is 30.4 Å². The first-order chi connectivity index (χ1) is 18.9. The average molecular weight is 558 g/mol. The summed E-state index contributed by atoms with van der Waals surface area (Å²) >= 11 is 1.42. The number of methoxy groups -OCH3 is 3. The van der Waals surface area contributed by atoms with E-state index in [4.69, 9.17) is 23.9 Å². The molecule has 3 aliphatic rings. The third-order valence-corrected chi connectivity index (χ3v) is 8.05. The highest BCUT2D eigenvalue weighted by molar-refractivity contribution is 8.16. The summed E-state index contributed by atoms with van der Waals surface area (Å²) in [7, 11) is 4.49. The molecule has 210 valence electrons. The third-order valence-electron chi connectivity index (χ3n) is 7.16. The van der Waals surface area contributed by atoms with Crippen LogP contribution in [0.5, 0.6) is 11.5 Å². The van der Waals surface area contributed by atoms with Gasteiger partial charge in [-0.2, -0.15) is 0 Å². The number of nitrogens with zero attached hydrogens (tertiary/aromatic N) is 3. The maximum absolute atomic E-state index is 13.4. The summed E-state index contributed by atoms with van der Waals surface area (Å²) in [6.45, 7) is 5.07. The summed E-state index contributed by atoms with van der Waals surface area (Å²) < 4.78 is 21.5. The van der Waals surface area contributed by atoms with Crippen LogP contribution in [0.15, 0.2) is 45.6 Å². The summed E-state index contributed by atoms with van der Waals surface area (Å²) in [6.07, 6.45) is 1.81. The molecule has 0 aliphatic carbocycles. The van der Waals surface area contributed by atoms with Crippen LogP contribution in [0.2, 0.25) is 0 Å². The van der Waals surface area contributed by atoms with Crippen LogP contribution in [0.1, 0.15) is 51.1 Å². The molecule has 0 bridgehead atoms. The van der Waals surface area contributed by atoms with Crippen molar-refractivity contribution < 1.29 is 33.3 Å². The second-order valence-corrected chi connectivity index (χ2v) is 10.1. The van der Waals surface area contributed by atoms with E-state index in [-0.39, 0.29) is 24.2 Å². The van der Waals surface area contributed by atoms with Gasteiger partial charge in [0.1, 0.15) is 11.5 Å². The fraction of sp³-hybridized carbons (Fsp3) is 0.500. The molecule has 0 spiro atoms. The molecule has 0 aromatic heterocycles. The molecule has 0 saturated carbocycles. The van der Waals surface area contributed by atoms with Crippen LogP contribution in [-0.2, 0) is 23.9 Å². The molecule has 1 fully saturated rings. The normalized spacial score (nSPS) is 19.3. The predicted octanol–water partition coefficient (Wildman–Crippen LogP) is 4.03.